The van der Waals surface area contributed by atoms with Gasteiger partial charge in [0.1, 0.15) is 5.75 Å². The van der Waals surface area contributed by atoms with Gasteiger partial charge in [0.25, 0.3) is 5.91 Å². The predicted molar refractivity (Wildman–Crippen MR) is 88.9 cm³/mol. The maximum absolute atomic E-state index is 12.4. The molecule has 1 heterocycles. The molecular weight excluding hydrogens is 292 g/mol. The normalized spacial score (nSPS) is 15.0. The monoisotopic (exact) mass is 310 g/mol. The number of carbonyl (C=O) groups is 2. The summed E-state index contributed by atoms with van der Waals surface area (Å²) in [5.41, 5.74) is 2.86. The number of carbonyl (C=O) groups excluding carboxylic acids is 2. The number of nitrogens with one attached hydrogen (secondary N) is 2. The van der Waals surface area contributed by atoms with E-state index in [-0.39, 0.29) is 17.6 Å². The number of anilines is 2. The molecule has 1 aliphatic heterocycles. The Balaban J connectivity index is 1.87. The van der Waals surface area contributed by atoms with Crippen LogP contribution in [0.25, 0.3) is 0 Å². The molecule has 2 aromatic rings. The van der Waals surface area contributed by atoms with Gasteiger partial charge in [0.05, 0.1) is 5.41 Å². The number of amides is 2. The summed E-state index contributed by atoms with van der Waals surface area (Å²) in [7, 11) is 0. The molecule has 5 nitrogen and oxygen atoms in total. The molecule has 0 atom stereocenters. The van der Waals surface area contributed by atoms with Gasteiger partial charge in [-0.2, -0.15) is 0 Å². The lowest BCUT2D eigenvalue weighted by atomic mass is 9.86. The summed E-state index contributed by atoms with van der Waals surface area (Å²) in [6, 6.07) is 9.97. The van der Waals surface area contributed by atoms with Crippen molar-refractivity contribution in [3.05, 3.63) is 53.1 Å². The molecule has 118 valence electrons. The lowest BCUT2D eigenvalue weighted by Gasteiger charge is -2.15. The van der Waals surface area contributed by atoms with Crippen LogP contribution in [0.1, 0.15) is 35.3 Å². The molecule has 0 radical (unpaired) electrons. The van der Waals surface area contributed by atoms with Gasteiger partial charge in [-0.1, -0.05) is 6.07 Å². The van der Waals surface area contributed by atoms with Gasteiger partial charge < -0.3 is 15.7 Å². The summed E-state index contributed by atoms with van der Waals surface area (Å²) in [4.78, 5) is 24.4. The maximum atomic E-state index is 12.4. The van der Waals surface area contributed by atoms with Crippen molar-refractivity contribution in [2.24, 2.45) is 0 Å². The minimum atomic E-state index is -0.585. The van der Waals surface area contributed by atoms with Crippen molar-refractivity contribution in [3.63, 3.8) is 0 Å². The van der Waals surface area contributed by atoms with Crippen LogP contribution in [0, 0.1) is 6.92 Å². The Bertz CT molecular complexity index is 825. The van der Waals surface area contributed by atoms with E-state index < -0.39 is 5.41 Å². The molecule has 0 aromatic heterocycles. The second kappa shape index (κ2) is 5.12. The molecule has 0 aliphatic carbocycles. The first-order chi connectivity index (χ1) is 10.8. The Morgan fingerprint density at radius 1 is 1.17 bits per heavy atom. The first kappa shape index (κ1) is 15.1. The number of hydrogen-bond acceptors (Lipinski definition) is 3. The Kier molecular flexibility index (Phi) is 3.36. The number of rotatable bonds is 2. The molecule has 2 aromatic carbocycles. The summed E-state index contributed by atoms with van der Waals surface area (Å²) in [5, 5.41) is 15.0. The van der Waals surface area contributed by atoms with E-state index in [2.05, 4.69) is 10.6 Å². The van der Waals surface area contributed by atoms with Crippen molar-refractivity contribution in [2.75, 3.05) is 10.6 Å². The lowest BCUT2D eigenvalue weighted by Crippen LogP contribution is -2.26. The quantitative estimate of drug-likeness (QED) is 0.745. The van der Waals surface area contributed by atoms with Crippen molar-refractivity contribution in [1.82, 2.24) is 0 Å². The van der Waals surface area contributed by atoms with E-state index in [4.69, 9.17) is 0 Å². The van der Waals surface area contributed by atoms with Crippen LogP contribution in [0.2, 0.25) is 0 Å². The standard InChI is InChI=1S/C18H18N2O3/c1-10-8-12(21)5-7-14(10)19-16(22)11-4-6-13-15(9-11)20-17(23)18(13,2)3/h4-9,21H,1-3H3,(H,19,22)(H,20,23). The first-order valence-corrected chi connectivity index (χ1v) is 7.36. The molecule has 1 aliphatic rings. The highest BCUT2D eigenvalue weighted by Crippen LogP contribution is 2.37. The number of phenols is 1. The zero-order chi connectivity index (χ0) is 16.8. The molecule has 0 saturated carbocycles. The van der Waals surface area contributed by atoms with Crippen LogP contribution < -0.4 is 10.6 Å². The molecule has 3 rings (SSSR count). The number of aromatic hydroxyl groups is 1. The van der Waals surface area contributed by atoms with Crippen molar-refractivity contribution in [1.29, 1.82) is 0 Å². The van der Waals surface area contributed by atoms with Gasteiger partial charge in [-0.05, 0) is 62.2 Å². The largest absolute Gasteiger partial charge is 0.508 e. The predicted octanol–water partition coefficient (Wildman–Crippen LogP) is 3.18. The Morgan fingerprint density at radius 2 is 1.91 bits per heavy atom. The molecular formula is C18H18N2O3. The van der Waals surface area contributed by atoms with E-state index >= 15 is 0 Å². The molecule has 23 heavy (non-hydrogen) atoms. The Hall–Kier alpha value is -2.82. The van der Waals surface area contributed by atoms with Crippen molar-refractivity contribution in [2.45, 2.75) is 26.2 Å². The van der Waals surface area contributed by atoms with Crippen LogP contribution in [-0.4, -0.2) is 16.9 Å². The molecule has 0 fully saturated rings. The second-order valence-corrected chi connectivity index (χ2v) is 6.29. The third kappa shape index (κ3) is 2.54. The molecule has 2 amide bonds. The molecule has 3 N–H and O–H groups in total. The molecule has 0 unspecified atom stereocenters. The number of aryl methyl sites for hydroxylation is 1. The van der Waals surface area contributed by atoms with Gasteiger partial charge >= 0.3 is 0 Å². The van der Waals surface area contributed by atoms with Crippen LogP contribution in [0.5, 0.6) is 5.75 Å². The van der Waals surface area contributed by atoms with Crippen molar-refractivity contribution >= 4 is 23.2 Å². The minimum Gasteiger partial charge on any atom is -0.508 e. The third-order valence-corrected chi connectivity index (χ3v) is 4.23. The van der Waals surface area contributed by atoms with Crippen LogP contribution in [0.15, 0.2) is 36.4 Å². The van der Waals surface area contributed by atoms with Gasteiger partial charge in [-0.25, -0.2) is 0 Å². The number of fused-ring (bicyclic) bond motifs is 1. The zero-order valence-electron chi connectivity index (χ0n) is 13.2. The third-order valence-electron chi connectivity index (χ3n) is 4.23. The topological polar surface area (TPSA) is 78.4 Å². The van der Waals surface area contributed by atoms with Gasteiger partial charge in [0.2, 0.25) is 5.91 Å². The molecule has 0 bridgehead atoms. The van der Waals surface area contributed by atoms with Gasteiger partial charge in [-0.3, -0.25) is 9.59 Å². The highest BCUT2D eigenvalue weighted by Gasteiger charge is 2.38. The summed E-state index contributed by atoms with van der Waals surface area (Å²) in [6.07, 6.45) is 0. The number of phenolic OH excluding ortho intramolecular Hbond substituents is 1. The fourth-order valence-corrected chi connectivity index (χ4v) is 2.72. The van der Waals surface area contributed by atoms with Crippen molar-refractivity contribution < 1.29 is 14.7 Å². The molecule has 0 saturated heterocycles. The zero-order valence-corrected chi connectivity index (χ0v) is 13.2. The van der Waals surface area contributed by atoms with E-state index in [1.165, 1.54) is 6.07 Å². The van der Waals surface area contributed by atoms with Crippen LogP contribution in [-0.2, 0) is 10.2 Å². The van der Waals surface area contributed by atoms with E-state index in [0.29, 0.717) is 16.9 Å². The Labute approximate surface area is 134 Å². The van der Waals surface area contributed by atoms with Gasteiger partial charge in [0.15, 0.2) is 0 Å². The average Bonchev–Trinajstić information content (AvgIpc) is 2.71. The SMILES string of the molecule is Cc1cc(O)ccc1NC(=O)c1ccc2c(c1)NC(=O)C2(C)C. The fourth-order valence-electron chi connectivity index (χ4n) is 2.72. The summed E-state index contributed by atoms with van der Waals surface area (Å²) in [6.45, 7) is 5.52. The van der Waals surface area contributed by atoms with Crippen molar-refractivity contribution in [3.8, 4) is 5.75 Å². The Morgan fingerprint density at radius 3 is 2.61 bits per heavy atom. The molecule has 5 heteroatoms. The number of benzene rings is 2. The van der Waals surface area contributed by atoms with Gasteiger partial charge in [0, 0.05) is 16.9 Å². The van der Waals surface area contributed by atoms with Crippen LogP contribution in [0.4, 0.5) is 11.4 Å². The highest BCUT2D eigenvalue weighted by molar-refractivity contribution is 6.09. The van der Waals surface area contributed by atoms with E-state index in [1.54, 1.807) is 31.2 Å². The summed E-state index contributed by atoms with van der Waals surface area (Å²) in [5.74, 6) is -0.178. The fraction of sp³-hybridized carbons (Fsp3) is 0.222. The summed E-state index contributed by atoms with van der Waals surface area (Å²) >= 11 is 0. The van der Waals surface area contributed by atoms with Crippen LogP contribution >= 0.6 is 0 Å². The van der Waals surface area contributed by atoms with Crippen LogP contribution in [0.3, 0.4) is 0 Å². The first-order valence-electron chi connectivity index (χ1n) is 7.36. The lowest BCUT2D eigenvalue weighted by molar-refractivity contribution is -0.119. The molecule has 0 spiro atoms. The summed E-state index contributed by atoms with van der Waals surface area (Å²) < 4.78 is 0. The second-order valence-electron chi connectivity index (χ2n) is 6.29. The van der Waals surface area contributed by atoms with Gasteiger partial charge in [-0.15, -0.1) is 0 Å². The smallest absolute Gasteiger partial charge is 0.255 e. The number of hydrogen-bond donors (Lipinski definition) is 3. The van der Waals surface area contributed by atoms with E-state index in [0.717, 1.165) is 11.1 Å². The average molecular weight is 310 g/mol. The maximum Gasteiger partial charge on any atom is 0.255 e. The van der Waals surface area contributed by atoms with E-state index in [9.17, 15) is 14.7 Å². The highest BCUT2D eigenvalue weighted by atomic mass is 16.3. The minimum absolute atomic E-state index is 0.0700. The van der Waals surface area contributed by atoms with E-state index in [1.807, 2.05) is 19.9 Å².